The summed E-state index contributed by atoms with van der Waals surface area (Å²) in [6.07, 6.45) is 1.08. The number of nitrogens with zero attached hydrogens (tertiary/aromatic N) is 4. The van der Waals surface area contributed by atoms with Gasteiger partial charge in [-0.15, -0.1) is 21.5 Å². The normalized spacial score (nSPS) is 12.6. The number of anilines is 2. The number of thioether (sulfide) groups is 1. The molecule has 2 aromatic heterocycles. The molecule has 3 rings (SSSR count). The number of rotatable bonds is 9. The van der Waals surface area contributed by atoms with Gasteiger partial charge in [0.05, 0.1) is 11.5 Å². The van der Waals surface area contributed by atoms with E-state index in [1.807, 2.05) is 48.7 Å². The molecule has 0 aliphatic heterocycles. The van der Waals surface area contributed by atoms with Crippen LogP contribution in [0.1, 0.15) is 43.6 Å². The highest BCUT2D eigenvalue weighted by atomic mass is 32.2. The van der Waals surface area contributed by atoms with Crippen molar-refractivity contribution in [3.63, 3.8) is 0 Å². The number of aromatic nitrogens is 3. The van der Waals surface area contributed by atoms with Crippen LogP contribution in [0.2, 0.25) is 0 Å². The van der Waals surface area contributed by atoms with Crippen LogP contribution >= 0.6 is 23.1 Å². The topological polar surface area (TPSA) is 110 Å². The molecule has 1 aromatic carbocycles. The van der Waals surface area contributed by atoms with Gasteiger partial charge in [-0.05, 0) is 48.4 Å². The molecule has 1 unspecified atom stereocenters. The van der Waals surface area contributed by atoms with Crippen LogP contribution in [0.15, 0.2) is 52.0 Å². The maximum atomic E-state index is 12.3. The first-order valence-corrected chi connectivity index (χ1v) is 11.4. The molecule has 0 aliphatic carbocycles. The minimum absolute atomic E-state index is 0.139. The third kappa shape index (κ3) is 5.61. The van der Waals surface area contributed by atoms with E-state index in [0.29, 0.717) is 17.0 Å². The summed E-state index contributed by atoms with van der Waals surface area (Å²) in [5.74, 6) is 6.85. The van der Waals surface area contributed by atoms with E-state index >= 15 is 0 Å². The summed E-state index contributed by atoms with van der Waals surface area (Å²) in [4.78, 5) is 13.3. The predicted molar refractivity (Wildman–Crippen MR) is 125 cm³/mol. The largest absolute Gasteiger partial charge is 0.334 e. The number of benzene rings is 1. The molecule has 3 aromatic rings. The van der Waals surface area contributed by atoms with Crippen LogP contribution in [-0.4, -0.2) is 32.2 Å². The van der Waals surface area contributed by atoms with E-state index in [1.165, 1.54) is 22.0 Å². The van der Waals surface area contributed by atoms with E-state index in [2.05, 4.69) is 39.9 Å². The number of carbonyl (C=O) groups excluding carboxylic acids is 1. The summed E-state index contributed by atoms with van der Waals surface area (Å²) < 4.78 is 1.28. The Hall–Kier alpha value is -2.85. The van der Waals surface area contributed by atoms with Crippen LogP contribution in [0.5, 0.6) is 0 Å². The van der Waals surface area contributed by atoms with Gasteiger partial charge >= 0.3 is 0 Å². The summed E-state index contributed by atoms with van der Waals surface area (Å²) in [6, 6.07) is 11.9. The Morgan fingerprint density at radius 3 is 2.73 bits per heavy atom. The summed E-state index contributed by atoms with van der Waals surface area (Å²) in [5.41, 5.74) is 5.66. The van der Waals surface area contributed by atoms with E-state index < -0.39 is 0 Å². The van der Waals surface area contributed by atoms with Gasteiger partial charge in [0.25, 0.3) is 5.95 Å². The number of thiophene rings is 1. The van der Waals surface area contributed by atoms with Crippen LogP contribution in [0.25, 0.3) is 0 Å². The molecule has 8 nitrogen and oxygen atoms in total. The summed E-state index contributed by atoms with van der Waals surface area (Å²) in [6.45, 7) is 6.24. The summed E-state index contributed by atoms with van der Waals surface area (Å²) >= 11 is 2.80. The monoisotopic (exact) mass is 443 g/mol. The van der Waals surface area contributed by atoms with Crippen LogP contribution in [0.4, 0.5) is 11.6 Å². The van der Waals surface area contributed by atoms with E-state index in [1.54, 1.807) is 11.3 Å². The van der Waals surface area contributed by atoms with Crippen LogP contribution in [0, 0.1) is 0 Å². The Balaban J connectivity index is 1.52. The Bertz CT molecular complexity index is 997. The van der Waals surface area contributed by atoms with Crippen molar-refractivity contribution >= 4 is 46.4 Å². The van der Waals surface area contributed by atoms with Crippen molar-refractivity contribution < 1.29 is 4.79 Å². The number of carbonyl (C=O) groups is 1. The van der Waals surface area contributed by atoms with Gasteiger partial charge in [-0.3, -0.25) is 4.79 Å². The van der Waals surface area contributed by atoms with Crippen molar-refractivity contribution in [1.29, 1.82) is 0 Å². The number of nitrogen functional groups attached to an aromatic ring is 1. The maximum Gasteiger partial charge on any atom is 0.264 e. The van der Waals surface area contributed by atoms with E-state index in [9.17, 15) is 4.79 Å². The number of nitrogens with one attached hydrogen (secondary N) is 2. The molecule has 4 N–H and O–H groups in total. The second kappa shape index (κ2) is 10.3. The molecular formula is C20H25N7OS2. The van der Waals surface area contributed by atoms with Gasteiger partial charge in [-0.1, -0.05) is 43.8 Å². The standard InChI is InChI=1S/C20H25N7OS2/c1-4-13(2)15-7-9-16(10-8-15)22-18(28)12-30-20-26-25-19(27(20)21)24-23-14(3)17-6-5-11-29-17/h5-11,13H,4,12,21H2,1-3H3,(H,22,28)(H,24,25)/b23-14+. The molecule has 1 atom stereocenters. The van der Waals surface area contributed by atoms with Gasteiger partial charge in [0.15, 0.2) is 0 Å². The van der Waals surface area contributed by atoms with Crippen LogP contribution in [-0.2, 0) is 4.79 Å². The van der Waals surface area contributed by atoms with Crippen molar-refractivity contribution in [2.45, 2.75) is 38.3 Å². The van der Waals surface area contributed by atoms with Crippen molar-refractivity contribution in [3.05, 3.63) is 52.2 Å². The molecule has 30 heavy (non-hydrogen) atoms. The Labute approximate surface area is 183 Å². The fraction of sp³-hybridized carbons (Fsp3) is 0.300. The molecule has 0 saturated heterocycles. The molecule has 10 heteroatoms. The molecule has 0 radical (unpaired) electrons. The van der Waals surface area contributed by atoms with E-state index in [0.717, 1.165) is 22.7 Å². The minimum Gasteiger partial charge on any atom is -0.334 e. The minimum atomic E-state index is -0.139. The third-order valence-corrected chi connectivity index (χ3v) is 6.50. The average Bonchev–Trinajstić information content (AvgIpc) is 3.41. The summed E-state index contributed by atoms with van der Waals surface area (Å²) in [5, 5.41) is 17.6. The Morgan fingerprint density at radius 2 is 2.07 bits per heavy atom. The van der Waals surface area contributed by atoms with Crippen molar-refractivity contribution in [2.75, 3.05) is 22.3 Å². The lowest BCUT2D eigenvalue weighted by atomic mass is 9.99. The first-order chi connectivity index (χ1) is 14.5. The fourth-order valence-corrected chi connectivity index (χ4v) is 3.92. The average molecular weight is 444 g/mol. The third-order valence-electron chi connectivity index (χ3n) is 4.57. The molecule has 158 valence electrons. The highest BCUT2D eigenvalue weighted by Gasteiger charge is 2.13. The molecule has 0 fully saturated rings. The van der Waals surface area contributed by atoms with Gasteiger partial charge < -0.3 is 11.2 Å². The summed E-state index contributed by atoms with van der Waals surface area (Å²) in [7, 11) is 0. The van der Waals surface area contributed by atoms with Gasteiger partial charge in [0.1, 0.15) is 0 Å². The quantitative estimate of drug-likeness (QED) is 0.198. The predicted octanol–water partition coefficient (Wildman–Crippen LogP) is 4.13. The molecule has 0 spiro atoms. The lowest BCUT2D eigenvalue weighted by Crippen LogP contribution is -2.17. The van der Waals surface area contributed by atoms with E-state index in [4.69, 9.17) is 5.84 Å². The van der Waals surface area contributed by atoms with Gasteiger partial charge in [0.2, 0.25) is 11.1 Å². The van der Waals surface area contributed by atoms with Gasteiger partial charge in [0, 0.05) is 10.6 Å². The number of nitrogens with two attached hydrogens (primary N) is 1. The van der Waals surface area contributed by atoms with Crippen molar-refractivity contribution in [3.8, 4) is 0 Å². The Kier molecular flexibility index (Phi) is 7.47. The number of amides is 1. The molecule has 0 aliphatic rings. The lowest BCUT2D eigenvalue weighted by molar-refractivity contribution is -0.113. The second-order valence-electron chi connectivity index (χ2n) is 6.73. The zero-order chi connectivity index (χ0) is 21.5. The number of hydrazone groups is 1. The fourth-order valence-electron chi connectivity index (χ4n) is 2.58. The number of hydrogen-bond donors (Lipinski definition) is 3. The highest BCUT2D eigenvalue weighted by molar-refractivity contribution is 7.99. The first kappa shape index (κ1) is 21.8. The van der Waals surface area contributed by atoms with Crippen LogP contribution < -0.4 is 16.6 Å². The van der Waals surface area contributed by atoms with Crippen LogP contribution in [0.3, 0.4) is 0 Å². The smallest absolute Gasteiger partial charge is 0.264 e. The molecule has 0 bridgehead atoms. The zero-order valence-electron chi connectivity index (χ0n) is 17.1. The van der Waals surface area contributed by atoms with Gasteiger partial charge in [-0.2, -0.15) is 5.10 Å². The van der Waals surface area contributed by atoms with E-state index in [-0.39, 0.29) is 11.7 Å². The van der Waals surface area contributed by atoms with Crippen molar-refractivity contribution in [1.82, 2.24) is 14.9 Å². The molecular weight excluding hydrogens is 418 g/mol. The second-order valence-corrected chi connectivity index (χ2v) is 8.62. The SMILES string of the molecule is CCC(C)c1ccc(NC(=O)CSc2nnc(N/N=C(\C)c3cccs3)n2N)cc1. The van der Waals surface area contributed by atoms with Crippen molar-refractivity contribution in [2.24, 2.45) is 5.10 Å². The number of hydrogen-bond acceptors (Lipinski definition) is 8. The maximum absolute atomic E-state index is 12.3. The zero-order valence-corrected chi connectivity index (χ0v) is 18.8. The molecule has 0 saturated carbocycles. The molecule has 1 amide bonds. The lowest BCUT2D eigenvalue weighted by Gasteiger charge is -2.10. The first-order valence-electron chi connectivity index (χ1n) is 9.55. The Morgan fingerprint density at radius 1 is 1.30 bits per heavy atom. The van der Waals surface area contributed by atoms with Gasteiger partial charge in [-0.25, -0.2) is 10.1 Å². The highest BCUT2D eigenvalue weighted by Crippen LogP contribution is 2.21. The molecule has 2 heterocycles.